The van der Waals surface area contributed by atoms with Crippen LogP contribution in [0.4, 0.5) is 4.79 Å². The van der Waals surface area contributed by atoms with Gasteiger partial charge < -0.3 is 15.4 Å². The Morgan fingerprint density at radius 3 is 2.82 bits per heavy atom. The van der Waals surface area contributed by atoms with E-state index in [0.29, 0.717) is 26.2 Å². The largest absolute Gasteiger partial charge is 0.449 e. The molecule has 0 saturated carbocycles. The molecule has 1 aromatic carbocycles. The van der Waals surface area contributed by atoms with Gasteiger partial charge in [-0.15, -0.1) is 0 Å². The molecule has 1 unspecified atom stereocenters. The lowest BCUT2D eigenvalue weighted by molar-refractivity contribution is 0.0460. The fourth-order valence-corrected chi connectivity index (χ4v) is 1.95. The first-order valence-corrected chi connectivity index (χ1v) is 5.95. The zero-order valence-corrected chi connectivity index (χ0v) is 9.84. The van der Waals surface area contributed by atoms with Crippen LogP contribution in [0.15, 0.2) is 30.3 Å². The highest BCUT2D eigenvalue weighted by Crippen LogP contribution is 2.11. The summed E-state index contributed by atoms with van der Waals surface area (Å²) in [5.41, 5.74) is 6.83. The number of ether oxygens (including phenoxy) is 1. The number of carbonyl (C=O) groups is 1. The highest BCUT2D eigenvalue weighted by molar-refractivity contribution is 5.68. The highest BCUT2D eigenvalue weighted by atomic mass is 16.6. The molecule has 0 aliphatic carbocycles. The van der Waals surface area contributed by atoms with E-state index in [1.807, 2.05) is 18.2 Å². The molecule has 0 spiro atoms. The summed E-state index contributed by atoms with van der Waals surface area (Å²) in [6.07, 6.45) is 0.637. The van der Waals surface area contributed by atoms with Crippen molar-refractivity contribution in [3.63, 3.8) is 0 Å². The van der Waals surface area contributed by atoms with E-state index in [2.05, 4.69) is 12.1 Å². The lowest BCUT2D eigenvalue weighted by atomic mass is 10.1. The molecule has 0 aromatic heterocycles. The lowest BCUT2D eigenvalue weighted by Gasteiger charge is -2.31. The van der Waals surface area contributed by atoms with Gasteiger partial charge in [0, 0.05) is 25.6 Å². The van der Waals surface area contributed by atoms with Crippen LogP contribution in [0.3, 0.4) is 0 Å². The van der Waals surface area contributed by atoms with Crippen molar-refractivity contribution in [2.75, 3.05) is 26.2 Å². The number of hydrogen-bond donors (Lipinski definition) is 1. The van der Waals surface area contributed by atoms with Crippen molar-refractivity contribution in [1.82, 2.24) is 4.90 Å². The first-order valence-electron chi connectivity index (χ1n) is 5.95. The van der Waals surface area contributed by atoms with Crippen LogP contribution in [0.2, 0.25) is 0 Å². The van der Waals surface area contributed by atoms with Crippen LogP contribution in [-0.4, -0.2) is 37.2 Å². The van der Waals surface area contributed by atoms with Crippen LogP contribution in [0.5, 0.6) is 0 Å². The number of rotatable bonds is 4. The number of cyclic esters (lactones) is 1. The number of nitrogens with two attached hydrogens (primary N) is 1. The topological polar surface area (TPSA) is 55.6 Å². The number of benzene rings is 1. The fourth-order valence-electron chi connectivity index (χ4n) is 1.95. The average Bonchev–Trinajstić information content (AvgIpc) is 2.39. The third-order valence-electron chi connectivity index (χ3n) is 3.03. The van der Waals surface area contributed by atoms with E-state index in [0.717, 1.165) is 6.42 Å². The van der Waals surface area contributed by atoms with Crippen molar-refractivity contribution >= 4 is 6.09 Å². The summed E-state index contributed by atoms with van der Waals surface area (Å²) in [6.45, 7) is 2.42. The molecule has 17 heavy (non-hydrogen) atoms. The van der Waals surface area contributed by atoms with E-state index >= 15 is 0 Å². The third kappa shape index (κ3) is 3.20. The monoisotopic (exact) mass is 234 g/mol. The Kier molecular flexibility index (Phi) is 3.98. The Labute approximate surface area is 101 Å². The van der Waals surface area contributed by atoms with Crippen molar-refractivity contribution in [3.8, 4) is 0 Å². The van der Waals surface area contributed by atoms with Gasteiger partial charge in [0.25, 0.3) is 0 Å². The molecule has 92 valence electrons. The van der Waals surface area contributed by atoms with Gasteiger partial charge in [0.15, 0.2) is 0 Å². The van der Waals surface area contributed by atoms with Crippen molar-refractivity contribution in [3.05, 3.63) is 35.9 Å². The van der Waals surface area contributed by atoms with Crippen LogP contribution < -0.4 is 5.73 Å². The Balaban J connectivity index is 1.87. The third-order valence-corrected chi connectivity index (χ3v) is 3.03. The maximum absolute atomic E-state index is 11.5. The van der Waals surface area contributed by atoms with E-state index in [9.17, 15) is 4.79 Å². The first-order chi connectivity index (χ1) is 8.29. The second kappa shape index (κ2) is 5.68. The Hall–Kier alpha value is -1.55. The second-order valence-corrected chi connectivity index (χ2v) is 4.36. The van der Waals surface area contributed by atoms with Crippen LogP contribution in [0.25, 0.3) is 0 Å². The molecule has 0 radical (unpaired) electrons. The standard InChI is InChI=1S/C13H18N2O2/c14-8-12-9-15(13(16)17-10-12)7-6-11-4-2-1-3-5-11/h1-5,12H,6-10,14H2. The molecule has 4 heteroatoms. The predicted octanol–water partition coefficient (Wildman–Crippen LogP) is 1.26. The van der Waals surface area contributed by atoms with Crippen LogP contribution >= 0.6 is 0 Å². The van der Waals surface area contributed by atoms with Crippen LogP contribution in [0, 0.1) is 5.92 Å². The zero-order valence-electron chi connectivity index (χ0n) is 9.84. The number of nitrogens with zero attached hydrogens (tertiary/aromatic N) is 1. The van der Waals surface area contributed by atoms with Gasteiger partial charge in [0.2, 0.25) is 0 Å². The highest BCUT2D eigenvalue weighted by Gasteiger charge is 2.25. The fraction of sp³-hybridized carbons (Fsp3) is 0.462. The lowest BCUT2D eigenvalue weighted by Crippen LogP contribution is -2.46. The van der Waals surface area contributed by atoms with Gasteiger partial charge in [-0.3, -0.25) is 0 Å². The molecule has 0 bridgehead atoms. The maximum Gasteiger partial charge on any atom is 0.409 e. The van der Waals surface area contributed by atoms with E-state index in [1.165, 1.54) is 5.56 Å². The van der Waals surface area contributed by atoms with Gasteiger partial charge in [-0.05, 0) is 12.0 Å². The van der Waals surface area contributed by atoms with Gasteiger partial charge in [0.05, 0.1) is 6.61 Å². The smallest absolute Gasteiger partial charge is 0.409 e. The summed E-state index contributed by atoms with van der Waals surface area (Å²) < 4.78 is 5.09. The molecule has 1 fully saturated rings. The van der Waals surface area contributed by atoms with Gasteiger partial charge in [-0.25, -0.2) is 4.79 Å². The number of amides is 1. The summed E-state index contributed by atoms with van der Waals surface area (Å²) in [5, 5.41) is 0. The van der Waals surface area contributed by atoms with Gasteiger partial charge in [0.1, 0.15) is 0 Å². The summed E-state index contributed by atoms with van der Waals surface area (Å²) in [7, 11) is 0. The molecule has 1 atom stereocenters. The quantitative estimate of drug-likeness (QED) is 0.853. The number of carbonyl (C=O) groups excluding carboxylic acids is 1. The van der Waals surface area contributed by atoms with E-state index in [1.54, 1.807) is 4.90 Å². The van der Waals surface area contributed by atoms with Gasteiger partial charge in [-0.2, -0.15) is 0 Å². The molecule has 1 heterocycles. The SMILES string of the molecule is NCC1COC(=O)N(CCc2ccccc2)C1. The van der Waals surface area contributed by atoms with Crippen molar-refractivity contribution < 1.29 is 9.53 Å². The summed E-state index contributed by atoms with van der Waals surface area (Å²) in [6, 6.07) is 10.1. The molecule has 1 saturated heterocycles. The zero-order chi connectivity index (χ0) is 12.1. The Morgan fingerprint density at radius 1 is 1.35 bits per heavy atom. The minimum absolute atomic E-state index is 0.217. The second-order valence-electron chi connectivity index (χ2n) is 4.36. The first kappa shape index (κ1) is 11.9. The van der Waals surface area contributed by atoms with Gasteiger partial charge >= 0.3 is 6.09 Å². The molecule has 4 nitrogen and oxygen atoms in total. The van der Waals surface area contributed by atoms with E-state index < -0.39 is 0 Å². The normalized spacial score (nSPS) is 20.2. The molecule has 1 amide bonds. The molecule has 1 aliphatic rings. The molecular formula is C13H18N2O2. The molecule has 1 aliphatic heterocycles. The molecule has 2 N–H and O–H groups in total. The van der Waals surface area contributed by atoms with E-state index in [-0.39, 0.29) is 12.0 Å². The minimum Gasteiger partial charge on any atom is -0.449 e. The molecular weight excluding hydrogens is 216 g/mol. The minimum atomic E-state index is -0.217. The average molecular weight is 234 g/mol. The van der Waals surface area contributed by atoms with Crippen molar-refractivity contribution in [2.24, 2.45) is 11.7 Å². The Bertz CT molecular complexity index is 367. The van der Waals surface area contributed by atoms with Crippen LogP contribution in [0.1, 0.15) is 5.56 Å². The summed E-state index contributed by atoms with van der Waals surface area (Å²) in [5.74, 6) is 0.267. The Morgan fingerprint density at radius 2 is 2.12 bits per heavy atom. The maximum atomic E-state index is 11.5. The predicted molar refractivity (Wildman–Crippen MR) is 65.6 cm³/mol. The van der Waals surface area contributed by atoms with E-state index in [4.69, 9.17) is 10.5 Å². The molecule has 2 rings (SSSR count). The van der Waals surface area contributed by atoms with Gasteiger partial charge in [-0.1, -0.05) is 30.3 Å². The summed E-state index contributed by atoms with van der Waals surface area (Å²) in [4.78, 5) is 13.3. The number of hydrogen-bond acceptors (Lipinski definition) is 3. The summed E-state index contributed by atoms with van der Waals surface area (Å²) >= 11 is 0. The van der Waals surface area contributed by atoms with Crippen LogP contribution in [-0.2, 0) is 11.2 Å². The van der Waals surface area contributed by atoms with Crippen molar-refractivity contribution in [2.45, 2.75) is 6.42 Å². The van der Waals surface area contributed by atoms with Crippen molar-refractivity contribution in [1.29, 1.82) is 0 Å². The molecule has 1 aromatic rings.